The molecule has 0 bridgehead atoms. The molecule has 0 fully saturated rings. The number of methoxy groups -OCH3 is 1. The van der Waals surface area contributed by atoms with E-state index in [1.807, 2.05) is 18.2 Å². The van der Waals surface area contributed by atoms with Crippen LogP contribution in [0.5, 0.6) is 0 Å². The van der Waals surface area contributed by atoms with Gasteiger partial charge in [-0.1, -0.05) is 24.3 Å². The molecule has 1 unspecified atom stereocenters. The van der Waals surface area contributed by atoms with E-state index in [0.29, 0.717) is 6.61 Å². The lowest BCUT2D eigenvalue weighted by atomic mass is 9.92. The first kappa shape index (κ1) is 13.1. The number of hydrogen-bond donors (Lipinski definition) is 1. The SMILES string of the molecule is COCCCN1CCc2ccccc2C1C(N)=O. The van der Waals surface area contributed by atoms with Gasteiger partial charge in [0.25, 0.3) is 0 Å². The van der Waals surface area contributed by atoms with Crippen molar-refractivity contribution in [1.29, 1.82) is 0 Å². The fraction of sp³-hybridized carbons (Fsp3) is 0.500. The number of rotatable bonds is 5. The summed E-state index contributed by atoms with van der Waals surface area (Å²) in [5, 5.41) is 0. The third kappa shape index (κ3) is 2.71. The summed E-state index contributed by atoms with van der Waals surface area (Å²) < 4.78 is 5.06. The number of nitrogens with zero attached hydrogens (tertiary/aromatic N) is 1. The number of amides is 1. The van der Waals surface area contributed by atoms with Crippen molar-refractivity contribution in [3.05, 3.63) is 35.4 Å². The summed E-state index contributed by atoms with van der Waals surface area (Å²) in [5.74, 6) is -0.264. The Morgan fingerprint density at radius 2 is 2.28 bits per heavy atom. The minimum absolute atomic E-state index is 0.264. The molecule has 1 atom stereocenters. The van der Waals surface area contributed by atoms with Crippen molar-refractivity contribution in [3.8, 4) is 0 Å². The van der Waals surface area contributed by atoms with Crippen molar-refractivity contribution in [2.24, 2.45) is 5.73 Å². The molecule has 0 aromatic heterocycles. The Balaban J connectivity index is 2.16. The van der Waals surface area contributed by atoms with E-state index < -0.39 is 0 Å². The first-order chi connectivity index (χ1) is 8.74. The fourth-order valence-electron chi connectivity index (χ4n) is 2.60. The molecule has 0 aliphatic carbocycles. The van der Waals surface area contributed by atoms with Crippen molar-refractivity contribution in [2.45, 2.75) is 18.9 Å². The van der Waals surface area contributed by atoms with Crippen molar-refractivity contribution in [3.63, 3.8) is 0 Å². The molecular formula is C14H20N2O2. The van der Waals surface area contributed by atoms with Gasteiger partial charge in [-0.2, -0.15) is 0 Å². The summed E-state index contributed by atoms with van der Waals surface area (Å²) in [6, 6.07) is 7.78. The molecule has 0 radical (unpaired) electrons. The summed E-state index contributed by atoms with van der Waals surface area (Å²) in [7, 11) is 1.69. The van der Waals surface area contributed by atoms with E-state index in [1.165, 1.54) is 5.56 Å². The highest BCUT2D eigenvalue weighted by Crippen LogP contribution is 2.29. The Bertz CT molecular complexity index is 420. The van der Waals surface area contributed by atoms with Gasteiger partial charge < -0.3 is 10.5 Å². The van der Waals surface area contributed by atoms with Gasteiger partial charge in [-0.3, -0.25) is 9.69 Å². The van der Waals surface area contributed by atoms with E-state index in [0.717, 1.165) is 31.5 Å². The van der Waals surface area contributed by atoms with Gasteiger partial charge in [0.1, 0.15) is 6.04 Å². The zero-order valence-electron chi connectivity index (χ0n) is 10.8. The van der Waals surface area contributed by atoms with Gasteiger partial charge in [-0.05, 0) is 24.0 Å². The van der Waals surface area contributed by atoms with Crippen LogP contribution in [0.2, 0.25) is 0 Å². The van der Waals surface area contributed by atoms with E-state index in [4.69, 9.17) is 10.5 Å². The molecule has 1 amide bonds. The first-order valence-electron chi connectivity index (χ1n) is 6.34. The van der Waals surface area contributed by atoms with Crippen molar-refractivity contribution in [2.75, 3.05) is 26.8 Å². The highest BCUT2D eigenvalue weighted by molar-refractivity contribution is 5.82. The largest absolute Gasteiger partial charge is 0.385 e. The highest BCUT2D eigenvalue weighted by atomic mass is 16.5. The van der Waals surface area contributed by atoms with E-state index in [-0.39, 0.29) is 11.9 Å². The van der Waals surface area contributed by atoms with Gasteiger partial charge in [0, 0.05) is 26.8 Å². The van der Waals surface area contributed by atoms with E-state index in [2.05, 4.69) is 11.0 Å². The molecule has 1 aromatic carbocycles. The van der Waals surface area contributed by atoms with Crippen LogP contribution in [-0.2, 0) is 16.0 Å². The molecule has 1 aromatic rings. The Hall–Kier alpha value is -1.39. The molecular weight excluding hydrogens is 228 g/mol. The Kier molecular flexibility index (Phi) is 4.33. The molecule has 0 saturated heterocycles. The standard InChI is InChI=1S/C14H20N2O2/c1-18-10-4-8-16-9-7-11-5-2-3-6-12(11)13(16)14(15)17/h2-3,5-6,13H,4,7-10H2,1H3,(H2,15,17). The lowest BCUT2D eigenvalue weighted by molar-refractivity contribution is -0.123. The average Bonchev–Trinajstić information content (AvgIpc) is 2.38. The van der Waals surface area contributed by atoms with Crippen LogP contribution < -0.4 is 5.73 Å². The lowest BCUT2D eigenvalue weighted by Gasteiger charge is -2.35. The molecule has 2 N–H and O–H groups in total. The lowest BCUT2D eigenvalue weighted by Crippen LogP contribution is -2.43. The van der Waals surface area contributed by atoms with Crippen LogP contribution in [0, 0.1) is 0 Å². The van der Waals surface area contributed by atoms with Crippen LogP contribution in [0.3, 0.4) is 0 Å². The number of primary amides is 1. The number of carbonyl (C=O) groups is 1. The van der Waals surface area contributed by atoms with Crippen LogP contribution in [0.15, 0.2) is 24.3 Å². The monoisotopic (exact) mass is 248 g/mol. The normalized spacial score (nSPS) is 19.5. The quantitative estimate of drug-likeness (QED) is 0.794. The molecule has 98 valence electrons. The second-order valence-corrected chi connectivity index (χ2v) is 4.64. The molecule has 1 aliphatic heterocycles. The second-order valence-electron chi connectivity index (χ2n) is 4.64. The van der Waals surface area contributed by atoms with Crippen LogP contribution in [0.25, 0.3) is 0 Å². The topological polar surface area (TPSA) is 55.6 Å². The maximum atomic E-state index is 11.7. The first-order valence-corrected chi connectivity index (χ1v) is 6.34. The summed E-state index contributed by atoms with van der Waals surface area (Å²) in [6.45, 7) is 2.44. The molecule has 18 heavy (non-hydrogen) atoms. The Morgan fingerprint density at radius 1 is 1.50 bits per heavy atom. The zero-order chi connectivity index (χ0) is 13.0. The number of ether oxygens (including phenoxy) is 1. The second kappa shape index (κ2) is 5.98. The van der Waals surface area contributed by atoms with E-state index >= 15 is 0 Å². The van der Waals surface area contributed by atoms with Gasteiger partial charge in [-0.15, -0.1) is 0 Å². The van der Waals surface area contributed by atoms with Crippen LogP contribution in [-0.4, -0.2) is 37.6 Å². The maximum absolute atomic E-state index is 11.7. The molecule has 1 aliphatic rings. The smallest absolute Gasteiger partial charge is 0.239 e. The molecule has 0 saturated carbocycles. The summed E-state index contributed by atoms with van der Waals surface area (Å²) in [5.41, 5.74) is 7.87. The predicted molar refractivity (Wildman–Crippen MR) is 70.1 cm³/mol. The van der Waals surface area contributed by atoms with Crippen LogP contribution in [0.1, 0.15) is 23.6 Å². The van der Waals surface area contributed by atoms with Gasteiger partial charge in [0.15, 0.2) is 0 Å². The van der Waals surface area contributed by atoms with Gasteiger partial charge in [0.2, 0.25) is 5.91 Å². The van der Waals surface area contributed by atoms with E-state index in [9.17, 15) is 4.79 Å². The minimum atomic E-state index is -0.285. The van der Waals surface area contributed by atoms with Gasteiger partial charge in [0.05, 0.1) is 0 Å². The van der Waals surface area contributed by atoms with Crippen molar-refractivity contribution >= 4 is 5.91 Å². The average molecular weight is 248 g/mol. The Morgan fingerprint density at radius 3 is 3.00 bits per heavy atom. The third-order valence-corrected chi connectivity index (χ3v) is 3.45. The molecule has 1 heterocycles. The molecule has 4 heteroatoms. The zero-order valence-corrected chi connectivity index (χ0v) is 10.8. The van der Waals surface area contributed by atoms with Crippen molar-refractivity contribution in [1.82, 2.24) is 4.90 Å². The summed E-state index contributed by atoms with van der Waals surface area (Å²) in [4.78, 5) is 13.9. The van der Waals surface area contributed by atoms with Crippen LogP contribution in [0.4, 0.5) is 0 Å². The summed E-state index contributed by atoms with van der Waals surface area (Å²) >= 11 is 0. The molecule has 2 rings (SSSR count). The number of carbonyl (C=O) groups excluding carboxylic acids is 1. The number of benzene rings is 1. The van der Waals surface area contributed by atoms with E-state index in [1.54, 1.807) is 7.11 Å². The minimum Gasteiger partial charge on any atom is -0.385 e. The maximum Gasteiger partial charge on any atom is 0.239 e. The van der Waals surface area contributed by atoms with Crippen molar-refractivity contribution < 1.29 is 9.53 Å². The summed E-state index contributed by atoms with van der Waals surface area (Å²) in [6.07, 6.45) is 1.90. The van der Waals surface area contributed by atoms with Gasteiger partial charge >= 0.3 is 0 Å². The Labute approximate surface area is 108 Å². The predicted octanol–water partition coefficient (Wildman–Crippen LogP) is 1.11. The number of hydrogen-bond acceptors (Lipinski definition) is 3. The number of nitrogens with two attached hydrogens (primary N) is 1. The molecule has 4 nitrogen and oxygen atoms in total. The van der Waals surface area contributed by atoms with Gasteiger partial charge in [-0.25, -0.2) is 0 Å². The van der Waals surface area contributed by atoms with Crippen LogP contribution >= 0.6 is 0 Å². The highest BCUT2D eigenvalue weighted by Gasteiger charge is 2.30. The third-order valence-electron chi connectivity index (χ3n) is 3.45. The molecule has 0 spiro atoms. The number of fused-ring (bicyclic) bond motifs is 1. The fourth-order valence-corrected chi connectivity index (χ4v) is 2.60.